The molecule has 0 N–H and O–H groups in total. The van der Waals surface area contributed by atoms with Gasteiger partial charge in [0.2, 0.25) is 11.8 Å². The number of carbonyl (C=O) groups excluding carboxylic acids is 2. The van der Waals surface area contributed by atoms with Crippen LogP contribution in [0.3, 0.4) is 0 Å². The van der Waals surface area contributed by atoms with Gasteiger partial charge in [-0.2, -0.15) is 0 Å². The summed E-state index contributed by atoms with van der Waals surface area (Å²) in [5.74, 6) is 1.46. The highest BCUT2D eigenvalue weighted by Crippen LogP contribution is 2.28. The standard InChI is InChI=1S/C17H21ClN2O2S/c1-19-14-7-6-12(17(19)22)8-20(9-14)16(21)11-23-10-13-4-2-3-5-15(13)18/h2-5,12,14H,6-11H2,1H3/t12-,14+/m1/s1. The Hall–Kier alpha value is -1.20. The molecule has 0 unspecified atom stereocenters. The third kappa shape index (κ3) is 3.66. The topological polar surface area (TPSA) is 40.6 Å². The first-order valence-electron chi connectivity index (χ1n) is 7.92. The number of piperidine rings is 1. The van der Waals surface area contributed by atoms with Crippen LogP contribution in [0.15, 0.2) is 24.3 Å². The summed E-state index contributed by atoms with van der Waals surface area (Å²) >= 11 is 7.72. The molecule has 2 bridgehead atoms. The van der Waals surface area contributed by atoms with Gasteiger partial charge in [0.1, 0.15) is 0 Å². The minimum absolute atomic E-state index is 0.0173. The molecule has 3 saturated heterocycles. The smallest absolute Gasteiger partial charge is 0.232 e. The lowest BCUT2D eigenvalue weighted by molar-refractivity contribution is -0.138. The summed E-state index contributed by atoms with van der Waals surface area (Å²) in [6, 6.07) is 7.89. The lowest BCUT2D eigenvalue weighted by atomic mass is 9.95. The van der Waals surface area contributed by atoms with Gasteiger partial charge in [-0.1, -0.05) is 29.8 Å². The van der Waals surface area contributed by atoms with Gasteiger partial charge < -0.3 is 9.80 Å². The number of fused-ring (bicyclic) bond motifs is 4. The third-order valence-corrected chi connectivity index (χ3v) is 6.09. The summed E-state index contributed by atoms with van der Waals surface area (Å²) in [6.07, 6.45) is 1.91. The molecule has 3 aliphatic heterocycles. The second-order valence-electron chi connectivity index (χ2n) is 6.26. The molecule has 6 heteroatoms. The number of hydrogen-bond donors (Lipinski definition) is 0. The Morgan fingerprint density at radius 1 is 1.30 bits per heavy atom. The van der Waals surface area contributed by atoms with Crippen LogP contribution in [0.2, 0.25) is 5.02 Å². The van der Waals surface area contributed by atoms with Crippen molar-refractivity contribution in [1.82, 2.24) is 9.80 Å². The van der Waals surface area contributed by atoms with Crippen LogP contribution in [-0.4, -0.2) is 53.5 Å². The number of amides is 2. The predicted molar refractivity (Wildman–Crippen MR) is 93.5 cm³/mol. The van der Waals surface area contributed by atoms with Crippen molar-refractivity contribution in [3.05, 3.63) is 34.9 Å². The highest BCUT2D eigenvalue weighted by molar-refractivity contribution is 7.99. The number of hydrogen-bond acceptors (Lipinski definition) is 3. The molecular weight excluding hydrogens is 332 g/mol. The molecule has 3 fully saturated rings. The average Bonchev–Trinajstić information content (AvgIpc) is 2.83. The summed E-state index contributed by atoms with van der Waals surface area (Å²) in [4.78, 5) is 28.4. The molecule has 1 aromatic carbocycles. The quantitative estimate of drug-likeness (QED) is 0.836. The van der Waals surface area contributed by atoms with Crippen molar-refractivity contribution in [1.29, 1.82) is 0 Å². The Morgan fingerprint density at radius 3 is 2.87 bits per heavy atom. The van der Waals surface area contributed by atoms with Crippen molar-refractivity contribution in [2.45, 2.75) is 24.6 Å². The van der Waals surface area contributed by atoms with Crippen LogP contribution >= 0.6 is 23.4 Å². The van der Waals surface area contributed by atoms with E-state index in [1.165, 1.54) is 0 Å². The highest BCUT2D eigenvalue weighted by Gasteiger charge is 2.39. The first-order valence-corrected chi connectivity index (χ1v) is 9.45. The van der Waals surface area contributed by atoms with Crippen molar-refractivity contribution >= 4 is 35.2 Å². The predicted octanol–water partition coefficient (Wildman–Crippen LogP) is 2.65. The molecule has 1 aromatic rings. The number of carbonyl (C=O) groups is 2. The molecule has 124 valence electrons. The molecule has 0 aliphatic carbocycles. The lowest BCUT2D eigenvalue weighted by Crippen LogP contribution is -2.45. The third-order valence-electron chi connectivity index (χ3n) is 4.76. The fourth-order valence-electron chi connectivity index (χ4n) is 3.32. The number of nitrogens with zero attached hydrogens (tertiary/aromatic N) is 2. The van der Waals surface area contributed by atoms with E-state index in [1.54, 1.807) is 11.8 Å². The summed E-state index contributed by atoms with van der Waals surface area (Å²) < 4.78 is 0. The summed E-state index contributed by atoms with van der Waals surface area (Å²) in [5.41, 5.74) is 1.05. The average molecular weight is 353 g/mol. The zero-order valence-corrected chi connectivity index (χ0v) is 14.8. The Bertz CT molecular complexity index is 610. The van der Waals surface area contributed by atoms with Crippen molar-refractivity contribution in [3.8, 4) is 0 Å². The maximum absolute atomic E-state index is 12.5. The molecule has 0 spiro atoms. The van der Waals surface area contributed by atoms with Gasteiger partial charge in [-0.05, 0) is 24.5 Å². The van der Waals surface area contributed by atoms with Crippen molar-refractivity contribution in [3.63, 3.8) is 0 Å². The van der Waals surface area contributed by atoms with Crippen LogP contribution in [0, 0.1) is 5.92 Å². The maximum atomic E-state index is 12.5. The molecule has 0 radical (unpaired) electrons. The van der Waals surface area contributed by atoms with Crippen LogP contribution in [-0.2, 0) is 15.3 Å². The maximum Gasteiger partial charge on any atom is 0.232 e. The minimum atomic E-state index is -0.0173. The van der Waals surface area contributed by atoms with E-state index >= 15 is 0 Å². The molecule has 2 atom stereocenters. The number of rotatable bonds is 4. The monoisotopic (exact) mass is 352 g/mol. The minimum Gasteiger partial charge on any atom is -0.341 e. The van der Waals surface area contributed by atoms with E-state index < -0.39 is 0 Å². The fraction of sp³-hybridized carbons (Fsp3) is 0.529. The van der Waals surface area contributed by atoms with E-state index in [0.29, 0.717) is 18.8 Å². The van der Waals surface area contributed by atoms with Crippen LogP contribution in [0.25, 0.3) is 0 Å². The van der Waals surface area contributed by atoms with Gasteiger partial charge >= 0.3 is 0 Å². The van der Waals surface area contributed by atoms with Crippen molar-refractivity contribution < 1.29 is 9.59 Å². The molecule has 2 amide bonds. The first kappa shape index (κ1) is 16.7. The number of likely N-dealkylation sites (N-methyl/N-ethyl adjacent to an activating group) is 1. The van der Waals surface area contributed by atoms with Crippen LogP contribution in [0.5, 0.6) is 0 Å². The molecule has 23 heavy (non-hydrogen) atoms. The summed E-state index contributed by atoms with van der Waals surface area (Å²) in [7, 11) is 1.86. The van der Waals surface area contributed by atoms with E-state index in [1.807, 2.05) is 41.1 Å². The molecule has 3 heterocycles. The highest BCUT2D eigenvalue weighted by atomic mass is 35.5. The molecule has 4 nitrogen and oxygen atoms in total. The van der Waals surface area contributed by atoms with Gasteiger partial charge in [-0.25, -0.2) is 0 Å². The Kier molecular flexibility index (Phi) is 5.17. The van der Waals surface area contributed by atoms with Gasteiger partial charge in [-0.3, -0.25) is 9.59 Å². The Morgan fingerprint density at radius 2 is 2.09 bits per heavy atom. The molecule has 4 rings (SSSR count). The summed E-state index contributed by atoms with van der Waals surface area (Å²) in [6.45, 7) is 1.25. The molecular formula is C17H21ClN2O2S. The van der Waals surface area contributed by atoms with Gasteiger partial charge in [-0.15, -0.1) is 11.8 Å². The van der Waals surface area contributed by atoms with Crippen molar-refractivity contribution in [2.24, 2.45) is 5.92 Å². The molecule has 3 aliphatic rings. The Balaban J connectivity index is 1.55. The largest absolute Gasteiger partial charge is 0.341 e. The van der Waals surface area contributed by atoms with Gasteiger partial charge in [0, 0.05) is 37.0 Å². The van der Waals surface area contributed by atoms with E-state index in [-0.39, 0.29) is 23.8 Å². The number of benzene rings is 1. The SMILES string of the molecule is CN1C(=O)[C@@H]2CC[C@H]1CN(C(=O)CSCc1ccccc1Cl)C2. The molecule has 0 aromatic heterocycles. The fourth-order valence-corrected chi connectivity index (χ4v) is 4.53. The lowest BCUT2D eigenvalue weighted by Gasteiger charge is -2.32. The Labute approximate surface area is 146 Å². The first-order chi connectivity index (χ1) is 11.1. The number of thioether (sulfide) groups is 1. The number of halogens is 1. The zero-order valence-electron chi connectivity index (χ0n) is 13.2. The van der Waals surface area contributed by atoms with E-state index in [9.17, 15) is 9.59 Å². The molecule has 0 saturated carbocycles. The van der Waals surface area contributed by atoms with Crippen LogP contribution in [0.4, 0.5) is 0 Å². The second kappa shape index (κ2) is 7.14. The zero-order chi connectivity index (χ0) is 16.4. The van der Waals surface area contributed by atoms with Crippen LogP contribution < -0.4 is 0 Å². The second-order valence-corrected chi connectivity index (χ2v) is 7.65. The van der Waals surface area contributed by atoms with Crippen LogP contribution in [0.1, 0.15) is 18.4 Å². The van der Waals surface area contributed by atoms with Gasteiger partial charge in [0.15, 0.2) is 0 Å². The van der Waals surface area contributed by atoms with E-state index in [4.69, 9.17) is 11.6 Å². The van der Waals surface area contributed by atoms with E-state index in [2.05, 4.69) is 0 Å². The van der Waals surface area contributed by atoms with Gasteiger partial charge in [0.05, 0.1) is 11.7 Å². The summed E-state index contributed by atoms with van der Waals surface area (Å²) in [5, 5.41) is 0.743. The normalized spacial score (nSPS) is 24.0. The van der Waals surface area contributed by atoms with E-state index in [0.717, 1.165) is 29.2 Å². The van der Waals surface area contributed by atoms with Gasteiger partial charge in [0.25, 0.3) is 0 Å². The van der Waals surface area contributed by atoms with Crippen molar-refractivity contribution in [2.75, 3.05) is 25.9 Å².